The molecule has 0 saturated heterocycles. The minimum absolute atomic E-state index is 0.0737. The molecule has 1 atom stereocenters. The number of ether oxygens (including phenoxy) is 1. The standard InChI is InChI=1S/C24H22BrF5N4O5/c1-33(2)15(22-32-19(20(25)39-22)12-3-5-13(6-4-12)24(28,29)30)11-34(23(36)37)9-10-38-16-8-7-14(26)17(18(16)27)21(31)35/h3-8,15H,9-11H2,1-2H3,(H2,31,35)(H,36,37). The van der Waals surface area contributed by atoms with Crippen LogP contribution in [-0.2, 0) is 6.18 Å². The number of aromatic nitrogens is 1. The van der Waals surface area contributed by atoms with Gasteiger partial charge in [-0.25, -0.2) is 18.6 Å². The second-order valence-electron chi connectivity index (χ2n) is 8.40. The van der Waals surface area contributed by atoms with Crippen molar-refractivity contribution in [1.82, 2.24) is 14.8 Å². The maximum atomic E-state index is 14.4. The van der Waals surface area contributed by atoms with E-state index in [1.165, 1.54) is 12.1 Å². The van der Waals surface area contributed by atoms with Gasteiger partial charge in [-0.1, -0.05) is 12.1 Å². The topological polar surface area (TPSA) is 122 Å². The number of rotatable bonds is 10. The summed E-state index contributed by atoms with van der Waals surface area (Å²) in [4.78, 5) is 30.1. The van der Waals surface area contributed by atoms with Gasteiger partial charge in [0.1, 0.15) is 29.7 Å². The highest BCUT2D eigenvalue weighted by atomic mass is 79.9. The zero-order chi connectivity index (χ0) is 29.1. The molecule has 15 heteroatoms. The van der Waals surface area contributed by atoms with E-state index in [0.717, 1.165) is 29.2 Å². The molecule has 0 spiro atoms. The van der Waals surface area contributed by atoms with Gasteiger partial charge in [0.05, 0.1) is 12.1 Å². The lowest BCUT2D eigenvalue weighted by molar-refractivity contribution is -0.137. The molecule has 1 unspecified atom stereocenters. The summed E-state index contributed by atoms with van der Waals surface area (Å²) in [7, 11) is 3.27. The van der Waals surface area contributed by atoms with Crippen LogP contribution in [0.5, 0.6) is 5.75 Å². The number of alkyl halides is 3. The Morgan fingerprint density at radius 1 is 1.15 bits per heavy atom. The first-order chi connectivity index (χ1) is 18.2. The molecule has 2 aromatic carbocycles. The van der Waals surface area contributed by atoms with Crippen molar-refractivity contribution in [3.8, 4) is 17.0 Å². The normalized spacial score (nSPS) is 12.4. The molecule has 0 fully saturated rings. The molecule has 0 aliphatic rings. The zero-order valence-electron chi connectivity index (χ0n) is 20.4. The summed E-state index contributed by atoms with van der Waals surface area (Å²) in [5, 5.41) is 9.70. The van der Waals surface area contributed by atoms with E-state index >= 15 is 0 Å². The van der Waals surface area contributed by atoms with Gasteiger partial charge in [-0.2, -0.15) is 13.2 Å². The maximum Gasteiger partial charge on any atom is 0.416 e. The van der Waals surface area contributed by atoms with E-state index in [1.807, 2.05) is 0 Å². The SMILES string of the molecule is CN(C)C(CN(CCOc1ccc(F)c(C(N)=O)c1F)C(=O)O)c1nc(-c2ccc(C(F)(F)F)cc2)c(Br)o1. The number of carbonyl (C=O) groups excluding carboxylic acids is 1. The Balaban J connectivity index is 1.76. The van der Waals surface area contributed by atoms with E-state index < -0.39 is 52.7 Å². The molecule has 210 valence electrons. The van der Waals surface area contributed by atoms with Crippen molar-refractivity contribution in [2.75, 3.05) is 33.8 Å². The van der Waals surface area contributed by atoms with Crippen molar-refractivity contribution in [2.24, 2.45) is 5.73 Å². The predicted molar refractivity (Wildman–Crippen MR) is 131 cm³/mol. The summed E-state index contributed by atoms with van der Waals surface area (Å²) in [5.41, 5.74) is 3.73. The Bertz CT molecular complexity index is 1350. The van der Waals surface area contributed by atoms with Gasteiger partial charge in [-0.3, -0.25) is 9.69 Å². The van der Waals surface area contributed by atoms with E-state index in [9.17, 15) is 36.6 Å². The highest BCUT2D eigenvalue weighted by Gasteiger charge is 2.31. The van der Waals surface area contributed by atoms with Crippen LogP contribution in [0, 0.1) is 11.6 Å². The number of likely N-dealkylation sites (N-methyl/N-ethyl adjacent to an activating group) is 1. The monoisotopic (exact) mass is 620 g/mol. The number of hydrogen-bond acceptors (Lipinski definition) is 6. The molecule has 3 N–H and O–H groups in total. The highest BCUT2D eigenvalue weighted by Crippen LogP contribution is 2.35. The summed E-state index contributed by atoms with van der Waals surface area (Å²) < 4.78 is 77.8. The first-order valence-corrected chi connectivity index (χ1v) is 11.9. The number of benzene rings is 2. The van der Waals surface area contributed by atoms with Crippen molar-refractivity contribution < 1.29 is 45.8 Å². The van der Waals surface area contributed by atoms with E-state index in [-0.39, 0.29) is 36.0 Å². The van der Waals surface area contributed by atoms with E-state index in [2.05, 4.69) is 20.9 Å². The predicted octanol–water partition coefficient (Wildman–Crippen LogP) is 5.16. The number of nitrogens with two attached hydrogens (primary N) is 1. The fourth-order valence-electron chi connectivity index (χ4n) is 3.53. The maximum absolute atomic E-state index is 14.4. The number of oxazole rings is 1. The first-order valence-electron chi connectivity index (χ1n) is 11.1. The van der Waals surface area contributed by atoms with Crippen LogP contribution in [0.25, 0.3) is 11.3 Å². The Kier molecular flexibility index (Phi) is 9.17. The largest absolute Gasteiger partial charge is 0.489 e. The molecule has 0 saturated carbocycles. The second kappa shape index (κ2) is 12.0. The first kappa shape index (κ1) is 29.8. The number of hydrogen-bond donors (Lipinski definition) is 2. The lowest BCUT2D eigenvalue weighted by atomic mass is 10.1. The number of carbonyl (C=O) groups is 2. The van der Waals surface area contributed by atoms with E-state index in [4.69, 9.17) is 14.9 Å². The molecule has 0 aliphatic carbocycles. The smallest absolute Gasteiger partial charge is 0.416 e. The van der Waals surface area contributed by atoms with Gasteiger partial charge >= 0.3 is 12.3 Å². The average Bonchev–Trinajstić information content (AvgIpc) is 3.22. The van der Waals surface area contributed by atoms with Crippen LogP contribution in [0.15, 0.2) is 45.5 Å². The Morgan fingerprint density at radius 3 is 2.33 bits per heavy atom. The van der Waals surface area contributed by atoms with Crippen LogP contribution >= 0.6 is 15.9 Å². The quantitative estimate of drug-likeness (QED) is 0.300. The molecule has 1 aromatic heterocycles. The molecule has 0 radical (unpaired) electrons. The van der Waals surface area contributed by atoms with Crippen LogP contribution in [-0.4, -0.2) is 65.7 Å². The molecule has 9 nitrogen and oxygen atoms in total. The van der Waals surface area contributed by atoms with E-state index in [1.54, 1.807) is 19.0 Å². The lowest BCUT2D eigenvalue weighted by Crippen LogP contribution is -2.40. The average molecular weight is 621 g/mol. The molecule has 0 aliphatic heterocycles. The third-order valence-electron chi connectivity index (χ3n) is 5.58. The molecule has 2 amide bonds. The summed E-state index contributed by atoms with van der Waals surface area (Å²) in [6.07, 6.45) is -5.85. The van der Waals surface area contributed by atoms with Gasteiger partial charge in [0.25, 0.3) is 5.91 Å². The number of nitrogens with zero attached hydrogens (tertiary/aromatic N) is 3. The van der Waals surface area contributed by atoms with Crippen molar-refractivity contribution in [3.63, 3.8) is 0 Å². The van der Waals surface area contributed by atoms with Gasteiger partial charge in [-0.05, 0) is 54.3 Å². The number of primary amides is 1. The number of amides is 2. The number of halogens is 6. The molecule has 1 heterocycles. The highest BCUT2D eigenvalue weighted by molar-refractivity contribution is 9.10. The van der Waals surface area contributed by atoms with Crippen molar-refractivity contribution >= 4 is 27.9 Å². The minimum Gasteiger partial charge on any atom is -0.489 e. The number of carboxylic acid groups (broad SMARTS) is 1. The van der Waals surface area contributed by atoms with Gasteiger partial charge in [0.15, 0.2) is 16.2 Å². The molecule has 3 rings (SSSR count). The van der Waals surface area contributed by atoms with Crippen LogP contribution in [0.4, 0.5) is 26.7 Å². The van der Waals surface area contributed by atoms with Gasteiger partial charge in [-0.15, -0.1) is 0 Å². The molecule has 0 bridgehead atoms. The van der Waals surface area contributed by atoms with Gasteiger partial charge in [0, 0.05) is 12.1 Å². The van der Waals surface area contributed by atoms with Crippen LogP contribution in [0.2, 0.25) is 0 Å². The lowest BCUT2D eigenvalue weighted by Gasteiger charge is -2.27. The summed E-state index contributed by atoms with van der Waals surface area (Å²) in [6, 6.07) is 5.27. The van der Waals surface area contributed by atoms with Gasteiger partial charge < -0.3 is 24.9 Å². The third kappa shape index (κ3) is 7.03. The zero-order valence-corrected chi connectivity index (χ0v) is 22.0. The minimum atomic E-state index is -4.50. The Morgan fingerprint density at radius 2 is 1.79 bits per heavy atom. The molecular formula is C24H22BrF5N4O5. The summed E-state index contributed by atoms with van der Waals surface area (Å²) in [6.45, 7) is -0.821. The second-order valence-corrected chi connectivity index (χ2v) is 9.12. The fraction of sp³-hybridized carbons (Fsp3) is 0.292. The Hall–Kier alpha value is -3.72. The van der Waals surface area contributed by atoms with Crippen LogP contribution < -0.4 is 10.5 Å². The third-order valence-corrected chi connectivity index (χ3v) is 6.12. The van der Waals surface area contributed by atoms with Crippen LogP contribution in [0.3, 0.4) is 0 Å². The van der Waals surface area contributed by atoms with Crippen molar-refractivity contribution in [2.45, 2.75) is 12.2 Å². The summed E-state index contributed by atoms with van der Waals surface area (Å²) in [5.74, 6) is -4.22. The van der Waals surface area contributed by atoms with E-state index in [0.29, 0.717) is 5.56 Å². The van der Waals surface area contributed by atoms with Crippen LogP contribution in [0.1, 0.15) is 27.9 Å². The Labute approximate surface area is 227 Å². The summed E-state index contributed by atoms with van der Waals surface area (Å²) >= 11 is 3.21. The molecular weight excluding hydrogens is 599 g/mol. The van der Waals surface area contributed by atoms with Gasteiger partial charge in [0.2, 0.25) is 5.89 Å². The van der Waals surface area contributed by atoms with Crippen molar-refractivity contribution in [3.05, 3.63) is 69.7 Å². The van der Waals surface area contributed by atoms with Crippen molar-refractivity contribution in [1.29, 1.82) is 0 Å². The molecule has 3 aromatic rings. The fourth-order valence-corrected chi connectivity index (χ4v) is 4.01. The molecule has 39 heavy (non-hydrogen) atoms.